The first-order chi connectivity index (χ1) is 30.7. The van der Waals surface area contributed by atoms with Gasteiger partial charge in [-0.05, 0) is 36.9 Å². The predicted octanol–water partition coefficient (Wildman–Crippen LogP) is 4.93. The number of nitrogens with zero attached hydrogens (tertiary/aromatic N) is 4. The van der Waals surface area contributed by atoms with Gasteiger partial charge in [-0.1, -0.05) is 42.3 Å². The molecule has 39 heavy (non-hydrogen) atoms. The maximum atomic E-state index is 14.3. The van der Waals surface area contributed by atoms with Gasteiger partial charge in [0.15, 0.2) is 1.41 Å². The van der Waals surface area contributed by atoms with Gasteiger partial charge in [-0.15, -0.1) is 0 Å². The van der Waals surface area contributed by atoms with E-state index in [2.05, 4.69) is 4.98 Å². The summed E-state index contributed by atoms with van der Waals surface area (Å²) in [5.41, 5.74) is -9.07. The van der Waals surface area contributed by atoms with Gasteiger partial charge in [0.25, 0.3) is 11.8 Å². The van der Waals surface area contributed by atoms with Gasteiger partial charge in [0.05, 0.1) is 37.4 Å². The van der Waals surface area contributed by atoms with Gasteiger partial charge >= 0.3 is 0 Å². The van der Waals surface area contributed by atoms with Crippen LogP contribution in [0.5, 0.6) is 0 Å². The number of fused-ring (bicyclic) bond motifs is 2. The van der Waals surface area contributed by atoms with Gasteiger partial charge in [0.1, 0.15) is 0 Å². The summed E-state index contributed by atoms with van der Waals surface area (Å²) in [5.74, 6) is -3.70. The van der Waals surface area contributed by atoms with Gasteiger partial charge in [-0.3, -0.25) is 24.8 Å². The fourth-order valence-corrected chi connectivity index (χ4v) is 4.00. The lowest BCUT2D eigenvalue weighted by Crippen LogP contribution is -2.34. The molecule has 1 N–H and O–H groups in total. The number of imide groups is 1. The smallest absolute Gasteiger partial charge is 0.259 e. The number of aromatic nitrogens is 3. The van der Waals surface area contributed by atoms with Crippen LogP contribution in [0.15, 0.2) is 85.0 Å². The van der Waals surface area contributed by atoms with Crippen LogP contribution < -0.4 is 5.31 Å². The van der Waals surface area contributed by atoms with Crippen LogP contribution in [0, 0.1) is 0 Å². The first-order valence-electron chi connectivity index (χ1n) is 25.3. The van der Waals surface area contributed by atoms with Crippen molar-refractivity contribution in [3.63, 3.8) is 0 Å². The average molecular weight is 545 g/mol. The number of likely N-dealkylation sites (tertiary alicyclic amines) is 1. The monoisotopic (exact) mass is 544 g/mol. The van der Waals surface area contributed by atoms with Crippen molar-refractivity contribution in [2.75, 3.05) is 13.0 Å². The topological polar surface area (TPSA) is 72.2 Å². The summed E-state index contributed by atoms with van der Waals surface area (Å²) in [5, 5.41) is -2.62. The number of nitrogens with one attached hydrogen (secondary N) is 1. The maximum absolute atomic E-state index is 14.3. The quantitative estimate of drug-likeness (QED) is 0.319. The first kappa shape index (κ1) is 8.02. The molecule has 0 spiro atoms. The van der Waals surface area contributed by atoms with Crippen molar-refractivity contribution in [1.82, 2.24) is 24.3 Å². The van der Waals surface area contributed by atoms with Crippen molar-refractivity contribution in [3.05, 3.63) is 102 Å². The Morgan fingerprint density at radius 1 is 0.974 bits per heavy atom. The number of pyridine rings is 1. The third-order valence-electron chi connectivity index (χ3n) is 5.59. The maximum Gasteiger partial charge on any atom is 0.259 e. The Kier molecular flexibility index (Phi) is 1.93. The van der Waals surface area contributed by atoms with E-state index in [9.17, 15) is 17.8 Å². The van der Waals surface area contributed by atoms with E-state index in [1.807, 2.05) is 0 Å². The van der Waals surface area contributed by atoms with Gasteiger partial charge in [0.2, 0.25) is 0 Å². The van der Waals surface area contributed by atoms with Crippen LogP contribution in [0.1, 0.15) is 74.0 Å². The highest BCUT2D eigenvalue weighted by Gasteiger charge is 2.36. The molecular weight excluding hydrogens is 486 g/mol. The zero-order chi connectivity index (χ0) is 52.0. The van der Waals surface area contributed by atoms with Gasteiger partial charge in [0, 0.05) is 102 Å². The molecule has 0 radical (unpaired) electrons. The minimum Gasteiger partial charge on any atom is -0.350 e. The number of hydrogen-bond acceptors (Lipinski definition) is 4. The van der Waals surface area contributed by atoms with Crippen molar-refractivity contribution in [3.8, 4) is 0 Å². The van der Waals surface area contributed by atoms with Crippen LogP contribution in [-0.4, -0.2) is 43.8 Å². The summed E-state index contributed by atoms with van der Waals surface area (Å²) in [6, 6.07) is -17.7. The van der Waals surface area contributed by atoms with Crippen molar-refractivity contribution < 1.29 is 49.4 Å². The van der Waals surface area contributed by atoms with Crippen LogP contribution in [0.2, 0.25) is 1.41 Å². The van der Waals surface area contributed by atoms with Crippen LogP contribution in [0.4, 0.5) is 0 Å². The molecule has 0 bridgehead atoms. The third-order valence-corrected chi connectivity index (χ3v) is 5.59. The number of carbonyl (C=O) groups is 2. The first-order valence-corrected chi connectivity index (χ1v) is 10.8. The van der Waals surface area contributed by atoms with Crippen molar-refractivity contribution in [2.24, 2.45) is 6.98 Å². The Hall–Kier alpha value is -4.49. The van der Waals surface area contributed by atoms with E-state index >= 15 is 0 Å². The molecule has 2 amide bonds. The highest BCUT2D eigenvalue weighted by molar-refractivity contribution is 6.50. The Bertz CT molecular complexity index is 3160. The van der Waals surface area contributed by atoms with E-state index in [1.54, 1.807) is 0 Å². The molecule has 194 valence electrons. The normalized spacial score (nSPS) is 34.7. The number of rotatable bonds is 5. The highest BCUT2D eigenvalue weighted by atomic mass is 16.2. The lowest BCUT2D eigenvalue weighted by molar-refractivity contribution is -0.122. The summed E-state index contributed by atoms with van der Waals surface area (Å²) in [4.78, 5) is 31.1. The highest BCUT2D eigenvalue weighted by Crippen LogP contribution is 2.40. The van der Waals surface area contributed by atoms with Crippen LogP contribution >= 0.6 is 0 Å². The van der Waals surface area contributed by atoms with E-state index in [4.69, 9.17) is 31.6 Å². The van der Waals surface area contributed by atoms with E-state index < -0.39 is 202 Å². The summed E-state index contributed by atoms with van der Waals surface area (Å²) >= 11 is 0. The van der Waals surface area contributed by atoms with E-state index in [-0.39, 0.29) is 9.13 Å². The van der Waals surface area contributed by atoms with Crippen molar-refractivity contribution >= 4 is 44.8 Å². The molecule has 5 heterocycles. The van der Waals surface area contributed by atoms with Crippen LogP contribution in [-0.2, 0) is 23.1 Å². The zero-order valence-electron chi connectivity index (χ0n) is 48.1. The largest absolute Gasteiger partial charge is 0.350 e. The average Bonchev–Trinajstić information content (AvgIpc) is 3.79. The molecular formula is C32H29N5O2. The van der Waals surface area contributed by atoms with E-state index in [1.165, 1.54) is 0 Å². The second-order valence-corrected chi connectivity index (χ2v) is 7.78. The molecule has 7 nitrogen and oxygen atoms in total. The fourth-order valence-electron chi connectivity index (χ4n) is 4.00. The summed E-state index contributed by atoms with van der Waals surface area (Å²) in [6.07, 6.45) is -13.4. The number of para-hydroxylation sites is 2. The number of piperidine rings is 1. The van der Waals surface area contributed by atoms with Gasteiger partial charge in [-0.25, -0.2) is 0 Å². The molecule has 0 aliphatic carbocycles. The van der Waals surface area contributed by atoms with E-state index in [0.717, 1.165) is 0 Å². The predicted molar refractivity (Wildman–Crippen MR) is 153 cm³/mol. The minimum absolute atomic E-state index is 0.0656. The molecule has 0 atom stereocenters. The lowest BCUT2D eigenvalue weighted by atomic mass is 9.95. The number of aryl methyl sites for hydroxylation is 1. The zero-order valence-corrected chi connectivity index (χ0v) is 19.1. The Morgan fingerprint density at radius 3 is 2.36 bits per heavy atom. The molecule has 3 aromatic heterocycles. The minimum atomic E-state index is -4.57. The Morgan fingerprint density at radius 2 is 1.62 bits per heavy atom. The molecule has 0 unspecified atom stereocenters. The van der Waals surface area contributed by atoms with Gasteiger partial charge in [-0.2, -0.15) is 0 Å². The number of amides is 2. The summed E-state index contributed by atoms with van der Waals surface area (Å²) in [6.45, 7) is -16.6. The van der Waals surface area contributed by atoms with Crippen LogP contribution in [0.25, 0.3) is 33.0 Å². The van der Waals surface area contributed by atoms with Crippen molar-refractivity contribution in [2.45, 2.75) is 25.3 Å². The molecule has 5 aromatic rings. The van der Waals surface area contributed by atoms with Gasteiger partial charge < -0.3 is 9.13 Å². The van der Waals surface area contributed by atoms with Crippen LogP contribution in [0.3, 0.4) is 0 Å². The molecule has 7 heteroatoms. The molecule has 2 aromatic carbocycles. The SMILES string of the molecule is [2H]c1nc(C([2H])([2H])N2C([2H])([2H])C([2H])([2H])C([2H])(n3c([2H])c(C4=C(c5c([2H])n(C([2H])([2H])[2H])c6c([2H])c([2H])c([2H])c([2H])c56)C(=O)N([2H])C4=O)c4c([2H])c([2H])c([2H])c([2H])c43)C([2H])([2H])C2([2H])[2H])c([2H])c([2H])c1[2H]. The number of benzene rings is 2. The molecule has 0 saturated carbocycles. The molecule has 2 aliphatic heterocycles. The van der Waals surface area contributed by atoms with E-state index in [0.29, 0.717) is 0 Å². The second kappa shape index (κ2) is 9.36. The number of hydrogen-bond donors (Lipinski definition) is 1. The Balaban J connectivity index is 1.69. The Labute approximate surface area is 267 Å². The lowest BCUT2D eigenvalue weighted by Gasteiger charge is -2.33. The molecule has 1 fully saturated rings. The molecule has 2 aliphatic rings. The van der Waals surface area contributed by atoms with Crippen molar-refractivity contribution in [1.29, 1.82) is 0 Å². The third kappa shape index (κ3) is 3.97. The molecule has 1 saturated heterocycles. The molecule has 7 rings (SSSR count). The standard InChI is InChI=1S/C32H29N5O2/c1-35-19-25(23-9-2-4-11-27(23)35)29-30(32(39)34-31(29)38)26-20-37(28-12-5-3-10-24(26)28)22-13-16-36(17-14-22)18-21-8-6-7-15-33-21/h2-12,15,19-20,22H,13-14,16-18H2,1H3,(H,34,38,39)/i1D3,2D,3D,4D,5D,6D,7D,8D,9D,10D,11D,12D,13D2,14D2,15D,16D2,17D2,18D2,19D,20D,22D/hD. The summed E-state index contributed by atoms with van der Waals surface area (Å²) in [7, 11) is 0. The summed E-state index contributed by atoms with van der Waals surface area (Å²) < 4.78 is 252. The number of carbonyl (C=O) groups excluding carboxylic acids is 2. The second-order valence-electron chi connectivity index (χ2n) is 7.78. The fraction of sp³-hybridized carbons (Fsp3) is 0.219.